The van der Waals surface area contributed by atoms with Gasteiger partial charge in [0.25, 0.3) is 0 Å². The fourth-order valence-electron chi connectivity index (χ4n) is 3.89. The van der Waals surface area contributed by atoms with Crippen molar-refractivity contribution in [3.8, 4) is 0 Å². The third-order valence-electron chi connectivity index (χ3n) is 5.57. The van der Waals surface area contributed by atoms with E-state index in [0.29, 0.717) is 0 Å². The Morgan fingerprint density at radius 2 is 1.77 bits per heavy atom. The van der Waals surface area contributed by atoms with Gasteiger partial charge in [-0.05, 0) is 43.5 Å². The summed E-state index contributed by atoms with van der Waals surface area (Å²) in [5, 5.41) is 6.35. The number of anilines is 2. The van der Waals surface area contributed by atoms with Gasteiger partial charge in [0.05, 0.1) is 5.69 Å². The van der Waals surface area contributed by atoms with Gasteiger partial charge in [-0.3, -0.25) is 9.69 Å². The van der Waals surface area contributed by atoms with E-state index < -0.39 is 0 Å². The standard InChI is InChI=1S/C24H28N4OS/c1-17-9-10-18(2)21(15-17)26-23(29)22(20-7-5-4-6-8-20)27-11-13-28(14-12-27)24-25-19(3)16-30-24/h4-10,15-16,22H,11-14H2,1-3H3,(H,26,29). The van der Waals surface area contributed by atoms with E-state index in [1.165, 1.54) is 0 Å². The monoisotopic (exact) mass is 420 g/mol. The number of amides is 1. The Labute approximate surface area is 182 Å². The Hall–Kier alpha value is -2.70. The first-order chi connectivity index (χ1) is 14.5. The SMILES string of the molecule is Cc1ccc(C)c(NC(=O)C(c2ccccc2)N2CCN(c3nc(C)cs3)CC2)c1. The minimum absolute atomic E-state index is 0.0217. The van der Waals surface area contributed by atoms with Crippen molar-refractivity contribution in [2.75, 3.05) is 36.4 Å². The lowest BCUT2D eigenvalue weighted by atomic mass is 10.0. The van der Waals surface area contributed by atoms with E-state index in [4.69, 9.17) is 0 Å². The summed E-state index contributed by atoms with van der Waals surface area (Å²) in [5.74, 6) is 0.0217. The van der Waals surface area contributed by atoms with Gasteiger partial charge in [0.15, 0.2) is 5.13 Å². The first-order valence-electron chi connectivity index (χ1n) is 10.4. The minimum atomic E-state index is -0.314. The predicted octanol–water partition coefficient (Wildman–Crippen LogP) is 4.57. The molecular formula is C24H28N4OS. The van der Waals surface area contributed by atoms with Crippen molar-refractivity contribution >= 4 is 28.1 Å². The van der Waals surface area contributed by atoms with E-state index in [1.807, 2.05) is 57.2 Å². The molecule has 1 amide bonds. The summed E-state index contributed by atoms with van der Waals surface area (Å²) >= 11 is 1.69. The Morgan fingerprint density at radius 3 is 2.43 bits per heavy atom. The number of piperazine rings is 1. The molecule has 0 aliphatic carbocycles. The number of rotatable bonds is 5. The van der Waals surface area contributed by atoms with E-state index in [0.717, 1.165) is 59.4 Å². The molecule has 6 heteroatoms. The van der Waals surface area contributed by atoms with Crippen LogP contribution in [0.4, 0.5) is 10.8 Å². The average molecular weight is 421 g/mol. The lowest BCUT2D eigenvalue weighted by Crippen LogP contribution is -2.50. The maximum Gasteiger partial charge on any atom is 0.246 e. The highest BCUT2D eigenvalue weighted by atomic mass is 32.1. The van der Waals surface area contributed by atoms with Crippen LogP contribution in [0.1, 0.15) is 28.4 Å². The van der Waals surface area contributed by atoms with Gasteiger partial charge in [-0.1, -0.05) is 42.5 Å². The molecule has 2 aromatic carbocycles. The zero-order chi connectivity index (χ0) is 21.1. The summed E-state index contributed by atoms with van der Waals surface area (Å²) in [7, 11) is 0. The molecule has 1 saturated heterocycles. The highest BCUT2D eigenvalue weighted by molar-refractivity contribution is 7.13. The molecule has 1 aliphatic rings. The minimum Gasteiger partial charge on any atom is -0.346 e. The molecule has 30 heavy (non-hydrogen) atoms. The molecule has 1 N–H and O–H groups in total. The van der Waals surface area contributed by atoms with Crippen LogP contribution in [-0.4, -0.2) is 42.0 Å². The second kappa shape index (κ2) is 8.98. The number of aryl methyl sites for hydroxylation is 3. The molecular weight excluding hydrogens is 392 g/mol. The maximum absolute atomic E-state index is 13.5. The molecule has 156 valence electrons. The number of hydrogen-bond acceptors (Lipinski definition) is 5. The van der Waals surface area contributed by atoms with Crippen LogP contribution in [0.2, 0.25) is 0 Å². The van der Waals surface area contributed by atoms with Gasteiger partial charge in [-0.15, -0.1) is 11.3 Å². The van der Waals surface area contributed by atoms with Gasteiger partial charge in [-0.2, -0.15) is 0 Å². The number of nitrogens with one attached hydrogen (secondary N) is 1. The van der Waals surface area contributed by atoms with Crippen LogP contribution in [0.15, 0.2) is 53.9 Å². The molecule has 0 bridgehead atoms. The third-order valence-corrected chi connectivity index (χ3v) is 6.59. The van der Waals surface area contributed by atoms with Crippen molar-refractivity contribution in [2.24, 2.45) is 0 Å². The van der Waals surface area contributed by atoms with Gasteiger partial charge < -0.3 is 10.2 Å². The van der Waals surface area contributed by atoms with Gasteiger partial charge in [-0.25, -0.2) is 4.98 Å². The summed E-state index contributed by atoms with van der Waals surface area (Å²) in [6.07, 6.45) is 0. The normalized spacial score (nSPS) is 15.8. The highest BCUT2D eigenvalue weighted by Gasteiger charge is 2.31. The van der Waals surface area contributed by atoms with Crippen LogP contribution in [0.3, 0.4) is 0 Å². The summed E-state index contributed by atoms with van der Waals surface area (Å²) in [6, 6.07) is 15.9. The molecule has 0 saturated carbocycles. The number of carbonyl (C=O) groups is 1. The summed E-state index contributed by atoms with van der Waals surface area (Å²) in [5.41, 5.74) is 5.19. The van der Waals surface area contributed by atoms with E-state index >= 15 is 0 Å². The first kappa shape index (κ1) is 20.6. The molecule has 1 aliphatic heterocycles. The zero-order valence-electron chi connectivity index (χ0n) is 17.8. The quantitative estimate of drug-likeness (QED) is 0.657. The molecule has 5 nitrogen and oxygen atoms in total. The summed E-state index contributed by atoms with van der Waals surface area (Å²) < 4.78 is 0. The van der Waals surface area contributed by atoms with Crippen LogP contribution in [0.25, 0.3) is 0 Å². The van der Waals surface area contributed by atoms with Crippen LogP contribution in [0.5, 0.6) is 0 Å². The zero-order valence-corrected chi connectivity index (χ0v) is 18.6. The van der Waals surface area contributed by atoms with Crippen molar-refractivity contribution < 1.29 is 4.79 Å². The molecule has 1 unspecified atom stereocenters. The van der Waals surface area contributed by atoms with Gasteiger partial charge >= 0.3 is 0 Å². The Kier molecular flexibility index (Phi) is 6.16. The molecule has 4 rings (SSSR count). The lowest BCUT2D eigenvalue weighted by Gasteiger charge is -2.38. The summed E-state index contributed by atoms with van der Waals surface area (Å²) in [6.45, 7) is 9.47. The number of benzene rings is 2. The second-order valence-electron chi connectivity index (χ2n) is 7.92. The molecule has 2 heterocycles. The van der Waals surface area contributed by atoms with Crippen LogP contribution in [-0.2, 0) is 4.79 Å². The van der Waals surface area contributed by atoms with Crippen LogP contribution >= 0.6 is 11.3 Å². The number of nitrogens with zero attached hydrogens (tertiary/aromatic N) is 3. The van der Waals surface area contributed by atoms with E-state index in [1.54, 1.807) is 11.3 Å². The third kappa shape index (κ3) is 4.55. The molecule has 1 atom stereocenters. The van der Waals surface area contributed by atoms with Crippen LogP contribution < -0.4 is 10.2 Å². The molecule has 1 fully saturated rings. The van der Waals surface area contributed by atoms with Gasteiger partial charge in [0, 0.05) is 37.2 Å². The van der Waals surface area contributed by atoms with Crippen molar-refractivity contribution in [1.82, 2.24) is 9.88 Å². The second-order valence-corrected chi connectivity index (χ2v) is 8.75. The lowest BCUT2D eigenvalue weighted by molar-refractivity contribution is -0.121. The van der Waals surface area contributed by atoms with Crippen molar-refractivity contribution in [3.63, 3.8) is 0 Å². The number of hydrogen-bond donors (Lipinski definition) is 1. The van der Waals surface area contributed by atoms with Crippen molar-refractivity contribution in [1.29, 1.82) is 0 Å². The smallest absolute Gasteiger partial charge is 0.246 e. The number of aromatic nitrogens is 1. The van der Waals surface area contributed by atoms with Crippen molar-refractivity contribution in [3.05, 3.63) is 76.3 Å². The molecule has 3 aromatic rings. The van der Waals surface area contributed by atoms with E-state index in [2.05, 4.69) is 37.6 Å². The Balaban J connectivity index is 1.53. The fourth-order valence-corrected chi connectivity index (χ4v) is 4.75. The molecule has 1 aromatic heterocycles. The van der Waals surface area contributed by atoms with Gasteiger partial charge in [0.2, 0.25) is 5.91 Å². The average Bonchev–Trinajstić information content (AvgIpc) is 3.18. The van der Waals surface area contributed by atoms with Gasteiger partial charge in [0.1, 0.15) is 6.04 Å². The molecule has 0 radical (unpaired) electrons. The topological polar surface area (TPSA) is 48.5 Å². The van der Waals surface area contributed by atoms with E-state index in [9.17, 15) is 4.79 Å². The highest BCUT2D eigenvalue weighted by Crippen LogP contribution is 2.28. The largest absolute Gasteiger partial charge is 0.346 e. The Bertz CT molecular complexity index is 1010. The van der Waals surface area contributed by atoms with Crippen LogP contribution in [0, 0.1) is 20.8 Å². The fraction of sp³-hybridized carbons (Fsp3) is 0.333. The van der Waals surface area contributed by atoms with E-state index in [-0.39, 0.29) is 11.9 Å². The Morgan fingerprint density at radius 1 is 1.03 bits per heavy atom. The van der Waals surface area contributed by atoms with Crippen molar-refractivity contribution in [2.45, 2.75) is 26.8 Å². The predicted molar refractivity (Wildman–Crippen MR) is 124 cm³/mol. The number of carbonyl (C=O) groups excluding carboxylic acids is 1. The summed E-state index contributed by atoms with van der Waals surface area (Å²) in [4.78, 5) is 22.7. The first-order valence-corrected chi connectivity index (χ1v) is 11.2. The molecule has 0 spiro atoms. The maximum atomic E-state index is 13.5. The number of thiazole rings is 1.